The number of rotatable bonds is 6. The van der Waals surface area contributed by atoms with Crippen LogP contribution in [0.1, 0.15) is 32.5 Å². The molecule has 0 bridgehead atoms. The van der Waals surface area contributed by atoms with Crippen LogP contribution in [0.5, 0.6) is 0 Å². The maximum absolute atomic E-state index is 5.28. The number of nitrogens with zero attached hydrogens (tertiary/aromatic N) is 2. The molecule has 1 aromatic heterocycles. The first kappa shape index (κ1) is 13.1. The molecule has 1 fully saturated rings. The Morgan fingerprint density at radius 2 is 2.00 bits per heavy atom. The SMILES string of the molecule is CCNc1cc(NC2CC(OC)C2)nc(CC)n1. The van der Waals surface area contributed by atoms with Crippen LogP contribution in [0.4, 0.5) is 11.6 Å². The van der Waals surface area contributed by atoms with E-state index in [1.807, 2.05) is 6.07 Å². The highest BCUT2D eigenvalue weighted by molar-refractivity contribution is 5.48. The van der Waals surface area contributed by atoms with Crippen LogP contribution in [0.2, 0.25) is 0 Å². The van der Waals surface area contributed by atoms with Crippen LogP contribution in [-0.4, -0.2) is 35.8 Å². The molecule has 1 aromatic rings. The largest absolute Gasteiger partial charge is 0.381 e. The Morgan fingerprint density at radius 3 is 2.61 bits per heavy atom. The Kier molecular flexibility index (Phi) is 4.36. The second-order valence-electron chi connectivity index (χ2n) is 4.61. The molecule has 1 heterocycles. The summed E-state index contributed by atoms with van der Waals surface area (Å²) < 4.78 is 5.28. The summed E-state index contributed by atoms with van der Waals surface area (Å²) in [6, 6.07) is 2.45. The van der Waals surface area contributed by atoms with Crippen molar-refractivity contribution in [1.29, 1.82) is 0 Å². The average Bonchev–Trinajstić information content (AvgIpc) is 2.33. The molecule has 18 heavy (non-hydrogen) atoms. The number of aryl methyl sites for hydroxylation is 1. The molecule has 0 radical (unpaired) electrons. The zero-order chi connectivity index (χ0) is 13.0. The minimum Gasteiger partial charge on any atom is -0.381 e. The summed E-state index contributed by atoms with van der Waals surface area (Å²) in [4.78, 5) is 8.94. The van der Waals surface area contributed by atoms with E-state index in [-0.39, 0.29) is 0 Å². The minimum absolute atomic E-state index is 0.406. The molecule has 2 rings (SSSR count). The van der Waals surface area contributed by atoms with Crippen molar-refractivity contribution in [2.75, 3.05) is 24.3 Å². The molecule has 5 nitrogen and oxygen atoms in total. The number of hydrogen-bond acceptors (Lipinski definition) is 5. The van der Waals surface area contributed by atoms with Crippen molar-refractivity contribution >= 4 is 11.6 Å². The molecule has 2 N–H and O–H groups in total. The molecule has 1 aliphatic rings. The lowest BCUT2D eigenvalue weighted by Crippen LogP contribution is -2.40. The van der Waals surface area contributed by atoms with Gasteiger partial charge in [0.1, 0.15) is 17.5 Å². The first-order valence-corrected chi connectivity index (χ1v) is 6.66. The van der Waals surface area contributed by atoms with Gasteiger partial charge in [0, 0.05) is 32.2 Å². The second kappa shape index (κ2) is 6.00. The fraction of sp³-hybridized carbons (Fsp3) is 0.692. The van der Waals surface area contributed by atoms with Gasteiger partial charge < -0.3 is 15.4 Å². The highest BCUT2D eigenvalue weighted by Gasteiger charge is 2.29. The van der Waals surface area contributed by atoms with Gasteiger partial charge in [0.2, 0.25) is 0 Å². The summed E-state index contributed by atoms with van der Waals surface area (Å²) in [6.45, 7) is 5.00. The van der Waals surface area contributed by atoms with Crippen LogP contribution in [-0.2, 0) is 11.2 Å². The molecule has 1 aliphatic carbocycles. The Hall–Kier alpha value is -1.36. The van der Waals surface area contributed by atoms with Crippen LogP contribution in [0.15, 0.2) is 6.07 Å². The molecule has 0 aromatic carbocycles. The smallest absolute Gasteiger partial charge is 0.132 e. The Morgan fingerprint density at radius 1 is 1.28 bits per heavy atom. The van der Waals surface area contributed by atoms with E-state index in [2.05, 4.69) is 34.4 Å². The van der Waals surface area contributed by atoms with Crippen LogP contribution in [0.3, 0.4) is 0 Å². The Labute approximate surface area is 108 Å². The van der Waals surface area contributed by atoms with Crippen molar-refractivity contribution in [3.63, 3.8) is 0 Å². The standard InChI is InChI=1S/C13H22N4O/c1-4-11-16-12(14-5-2)8-13(17-11)15-9-6-10(7-9)18-3/h8-10H,4-7H2,1-3H3,(H2,14,15,16,17). The van der Waals surface area contributed by atoms with Crippen molar-refractivity contribution in [1.82, 2.24) is 9.97 Å². The summed E-state index contributed by atoms with van der Waals surface area (Å²) in [7, 11) is 1.77. The molecule has 0 atom stereocenters. The monoisotopic (exact) mass is 250 g/mol. The van der Waals surface area contributed by atoms with E-state index in [9.17, 15) is 0 Å². The quantitative estimate of drug-likeness (QED) is 0.809. The van der Waals surface area contributed by atoms with E-state index in [0.29, 0.717) is 12.1 Å². The zero-order valence-corrected chi connectivity index (χ0v) is 11.4. The normalized spacial score (nSPS) is 22.4. The number of methoxy groups -OCH3 is 1. The molecule has 100 valence electrons. The van der Waals surface area contributed by atoms with Gasteiger partial charge in [-0.05, 0) is 19.8 Å². The molecule has 5 heteroatoms. The van der Waals surface area contributed by atoms with Crippen LogP contribution >= 0.6 is 0 Å². The topological polar surface area (TPSA) is 59.1 Å². The summed E-state index contributed by atoms with van der Waals surface area (Å²) in [5.41, 5.74) is 0. The number of anilines is 2. The molecule has 0 saturated heterocycles. The lowest BCUT2D eigenvalue weighted by Gasteiger charge is -2.35. The third-order valence-electron chi connectivity index (χ3n) is 3.23. The van der Waals surface area contributed by atoms with Gasteiger partial charge >= 0.3 is 0 Å². The maximum atomic E-state index is 5.28. The van der Waals surface area contributed by atoms with Crippen LogP contribution in [0.25, 0.3) is 0 Å². The fourth-order valence-corrected chi connectivity index (χ4v) is 2.09. The van der Waals surface area contributed by atoms with E-state index < -0.39 is 0 Å². The Bertz CT molecular complexity index is 391. The van der Waals surface area contributed by atoms with Gasteiger partial charge in [-0.1, -0.05) is 6.92 Å². The van der Waals surface area contributed by atoms with E-state index >= 15 is 0 Å². The van der Waals surface area contributed by atoms with Crippen molar-refractivity contribution in [3.8, 4) is 0 Å². The first-order valence-electron chi connectivity index (χ1n) is 6.66. The van der Waals surface area contributed by atoms with Crippen molar-refractivity contribution in [3.05, 3.63) is 11.9 Å². The molecule has 0 unspecified atom stereocenters. The van der Waals surface area contributed by atoms with Gasteiger partial charge in [-0.15, -0.1) is 0 Å². The maximum Gasteiger partial charge on any atom is 0.132 e. The summed E-state index contributed by atoms with van der Waals surface area (Å²) in [5.74, 6) is 2.69. The average molecular weight is 250 g/mol. The third-order valence-corrected chi connectivity index (χ3v) is 3.23. The lowest BCUT2D eigenvalue weighted by atomic mass is 9.89. The summed E-state index contributed by atoms with van der Waals surface area (Å²) in [6.07, 6.45) is 3.36. The lowest BCUT2D eigenvalue weighted by molar-refractivity contribution is 0.0328. The summed E-state index contributed by atoms with van der Waals surface area (Å²) >= 11 is 0. The van der Waals surface area contributed by atoms with E-state index in [1.54, 1.807) is 7.11 Å². The molecule has 1 saturated carbocycles. The van der Waals surface area contributed by atoms with E-state index in [1.165, 1.54) is 0 Å². The summed E-state index contributed by atoms with van der Waals surface area (Å²) in [5, 5.41) is 6.68. The van der Waals surface area contributed by atoms with Gasteiger partial charge in [0.05, 0.1) is 6.10 Å². The number of ether oxygens (including phenoxy) is 1. The first-order chi connectivity index (χ1) is 8.75. The van der Waals surface area contributed by atoms with Crippen LogP contribution in [0, 0.1) is 0 Å². The molecular weight excluding hydrogens is 228 g/mol. The third kappa shape index (κ3) is 3.10. The van der Waals surface area contributed by atoms with Crippen molar-refractivity contribution in [2.45, 2.75) is 45.3 Å². The second-order valence-corrected chi connectivity index (χ2v) is 4.61. The molecule has 0 amide bonds. The van der Waals surface area contributed by atoms with E-state index in [4.69, 9.17) is 4.74 Å². The molecular formula is C13H22N4O. The highest BCUT2D eigenvalue weighted by Crippen LogP contribution is 2.26. The minimum atomic E-state index is 0.406. The fourth-order valence-electron chi connectivity index (χ4n) is 2.09. The number of hydrogen-bond donors (Lipinski definition) is 2. The number of nitrogens with one attached hydrogen (secondary N) is 2. The van der Waals surface area contributed by atoms with Crippen molar-refractivity contribution < 1.29 is 4.74 Å². The van der Waals surface area contributed by atoms with E-state index in [0.717, 1.165) is 43.3 Å². The predicted octanol–water partition coefficient (Wildman–Crippen LogP) is 2.06. The van der Waals surface area contributed by atoms with Gasteiger partial charge in [0.25, 0.3) is 0 Å². The highest BCUT2D eigenvalue weighted by atomic mass is 16.5. The van der Waals surface area contributed by atoms with Crippen molar-refractivity contribution in [2.24, 2.45) is 0 Å². The van der Waals surface area contributed by atoms with Crippen LogP contribution < -0.4 is 10.6 Å². The van der Waals surface area contributed by atoms with Gasteiger partial charge in [-0.3, -0.25) is 0 Å². The van der Waals surface area contributed by atoms with Gasteiger partial charge in [0.15, 0.2) is 0 Å². The predicted molar refractivity (Wildman–Crippen MR) is 73.0 cm³/mol. The van der Waals surface area contributed by atoms with Gasteiger partial charge in [-0.2, -0.15) is 0 Å². The number of aromatic nitrogens is 2. The van der Waals surface area contributed by atoms with Gasteiger partial charge in [-0.25, -0.2) is 9.97 Å². The molecule has 0 spiro atoms. The Balaban J connectivity index is 2.00. The molecule has 0 aliphatic heterocycles. The zero-order valence-electron chi connectivity index (χ0n) is 11.4.